The van der Waals surface area contributed by atoms with Gasteiger partial charge in [0, 0.05) is 50.1 Å². The number of hydrogen-bond donors (Lipinski definition) is 1. The fraction of sp³-hybridized carbons (Fsp3) is 0.421. The molecule has 130 valence electrons. The number of hydrogen-bond acceptors (Lipinski definition) is 4. The molecule has 1 aliphatic rings. The zero-order chi connectivity index (χ0) is 17.2. The van der Waals surface area contributed by atoms with Gasteiger partial charge in [0.25, 0.3) is 0 Å². The molecule has 3 heterocycles. The Morgan fingerprint density at radius 1 is 1.20 bits per heavy atom. The molecule has 1 atom stereocenters. The standard InChI is InChI=1S/C19H24N6/c1-14(20-10-9-19-23-22-18-4-3-12-25(18)19)16-5-7-17(8-6-16)24-13-11-21-15(24)2/h5-8,11,13-14,20H,3-4,9-10,12H2,1-2H3/t14-/m0/s1. The number of nitrogens with zero attached hydrogens (tertiary/aromatic N) is 5. The van der Waals surface area contributed by atoms with Gasteiger partial charge in [-0.1, -0.05) is 12.1 Å². The molecule has 0 fully saturated rings. The fourth-order valence-corrected chi connectivity index (χ4v) is 3.49. The van der Waals surface area contributed by atoms with Gasteiger partial charge in [-0.2, -0.15) is 0 Å². The van der Waals surface area contributed by atoms with Crippen LogP contribution in [0.1, 0.15) is 42.4 Å². The quantitative estimate of drug-likeness (QED) is 0.752. The van der Waals surface area contributed by atoms with E-state index in [4.69, 9.17) is 0 Å². The van der Waals surface area contributed by atoms with Gasteiger partial charge in [0.2, 0.25) is 0 Å². The van der Waals surface area contributed by atoms with Crippen LogP contribution in [0.15, 0.2) is 36.7 Å². The molecule has 1 aliphatic heterocycles. The lowest BCUT2D eigenvalue weighted by Crippen LogP contribution is -2.22. The Morgan fingerprint density at radius 2 is 2.04 bits per heavy atom. The van der Waals surface area contributed by atoms with Gasteiger partial charge < -0.3 is 14.5 Å². The van der Waals surface area contributed by atoms with E-state index < -0.39 is 0 Å². The van der Waals surface area contributed by atoms with Crippen molar-refractivity contribution in [3.05, 3.63) is 59.7 Å². The summed E-state index contributed by atoms with van der Waals surface area (Å²) in [7, 11) is 0. The van der Waals surface area contributed by atoms with Gasteiger partial charge in [0.15, 0.2) is 0 Å². The van der Waals surface area contributed by atoms with Crippen molar-refractivity contribution in [2.24, 2.45) is 0 Å². The van der Waals surface area contributed by atoms with E-state index in [-0.39, 0.29) is 0 Å². The second-order valence-corrected chi connectivity index (χ2v) is 6.65. The van der Waals surface area contributed by atoms with Crippen LogP contribution in [-0.2, 0) is 19.4 Å². The normalized spacial score (nSPS) is 14.6. The van der Waals surface area contributed by atoms with Crippen LogP contribution in [0.2, 0.25) is 0 Å². The molecule has 0 unspecified atom stereocenters. The highest BCUT2D eigenvalue weighted by Gasteiger charge is 2.17. The molecular weight excluding hydrogens is 312 g/mol. The van der Waals surface area contributed by atoms with Crippen molar-refractivity contribution < 1.29 is 0 Å². The molecule has 3 aromatic rings. The van der Waals surface area contributed by atoms with Gasteiger partial charge in [-0.05, 0) is 38.0 Å². The third-order valence-electron chi connectivity index (χ3n) is 4.98. The first-order valence-electron chi connectivity index (χ1n) is 8.97. The molecule has 6 nitrogen and oxygen atoms in total. The maximum Gasteiger partial charge on any atom is 0.134 e. The van der Waals surface area contributed by atoms with Crippen LogP contribution in [-0.4, -0.2) is 30.9 Å². The van der Waals surface area contributed by atoms with E-state index in [0.717, 1.165) is 49.1 Å². The van der Waals surface area contributed by atoms with Crippen LogP contribution in [0.25, 0.3) is 5.69 Å². The Hall–Kier alpha value is -2.47. The number of fused-ring (bicyclic) bond motifs is 1. The molecule has 0 bridgehead atoms. The SMILES string of the molecule is Cc1nccn1-c1ccc([C@H](C)NCCc2nnc3n2CCC3)cc1. The van der Waals surface area contributed by atoms with Crippen molar-refractivity contribution in [3.8, 4) is 5.69 Å². The van der Waals surface area contributed by atoms with Crippen LogP contribution >= 0.6 is 0 Å². The maximum absolute atomic E-state index is 4.32. The highest BCUT2D eigenvalue weighted by Crippen LogP contribution is 2.17. The maximum atomic E-state index is 4.32. The molecule has 0 amide bonds. The van der Waals surface area contributed by atoms with Crippen molar-refractivity contribution in [2.45, 2.75) is 45.7 Å². The summed E-state index contributed by atoms with van der Waals surface area (Å²) in [4.78, 5) is 4.28. The lowest BCUT2D eigenvalue weighted by atomic mass is 10.1. The van der Waals surface area contributed by atoms with Crippen LogP contribution < -0.4 is 5.32 Å². The molecule has 0 saturated heterocycles. The Morgan fingerprint density at radius 3 is 2.80 bits per heavy atom. The van der Waals surface area contributed by atoms with Crippen LogP contribution in [0.5, 0.6) is 0 Å². The average Bonchev–Trinajstić information content (AvgIpc) is 3.33. The minimum absolute atomic E-state index is 0.305. The summed E-state index contributed by atoms with van der Waals surface area (Å²) < 4.78 is 4.36. The highest BCUT2D eigenvalue weighted by atomic mass is 15.3. The lowest BCUT2D eigenvalue weighted by Gasteiger charge is -2.15. The van der Waals surface area contributed by atoms with Crippen LogP contribution in [0, 0.1) is 6.92 Å². The van der Waals surface area contributed by atoms with Gasteiger partial charge in [0.05, 0.1) is 0 Å². The Labute approximate surface area is 147 Å². The first kappa shape index (κ1) is 16.0. The monoisotopic (exact) mass is 336 g/mol. The smallest absolute Gasteiger partial charge is 0.134 e. The number of benzene rings is 1. The van der Waals surface area contributed by atoms with E-state index in [2.05, 4.69) is 60.8 Å². The zero-order valence-corrected chi connectivity index (χ0v) is 14.8. The van der Waals surface area contributed by atoms with E-state index in [1.165, 1.54) is 12.0 Å². The van der Waals surface area contributed by atoms with Crippen molar-refractivity contribution in [1.29, 1.82) is 0 Å². The summed E-state index contributed by atoms with van der Waals surface area (Å²) in [5.41, 5.74) is 2.43. The van der Waals surface area contributed by atoms with E-state index in [1.54, 1.807) is 0 Å². The Bertz CT molecular complexity index is 845. The molecule has 1 aromatic carbocycles. The number of nitrogens with one attached hydrogen (secondary N) is 1. The molecule has 6 heteroatoms. The van der Waals surface area contributed by atoms with Crippen molar-refractivity contribution in [2.75, 3.05) is 6.54 Å². The predicted octanol–water partition coefficient (Wildman–Crippen LogP) is 2.61. The summed E-state index contributed by atoms with van der Waals surface area (Å²) in [6.07, 6.45) is 7.01. The highest BCUT2D eigenvalue weighted by molar-refractivity contribution is 5.36. The van der Waals surface area contributed by atoms with Gasteiger partial charge in [-0.3, -0.25) is 0 Å². The largest absolute Gasteiger partial charge is 0.315 e. The van der Waals surface area contributed by atoms with Crippen LogP contribution in [0.4, 0.5) is 0 Å². The van der Waals surface area contributed by atoms with Crippen LogP contribution in [0.3, 0.4) is 0 Å². The van der Waals surface area contributed by atoms with E-state index in [9.17, 15) is 0 Å². The Balaban J connectivity index is 1.35. The number of aromatic nitrogens is 5. The molecule has 0 saturated carbocycles. The molecule has 0 spiro atoms. The third kappa shape index (κ3) is 3.22. The zero-order valence-electron chi connectivity index (χ0n) is 14.8. The Kier molecular flexibility index (Phi) is 4.36. The summed E-state index contributed by atoms with van der Waals surface area (Å²) in [6, 6.07) is 8.96. The number of rotatable bonds is 6. The molecule has 2 aromatic heterocycles. The topological polar surface area (TPSA) is 60.6 Å². The molecule has 0 aliphatic carbocycles. The van der Waals surface area contributed by atoms with Crippen molar-refractivity contribution in [1.82, 2.24) is 29.6 Å². The summed E-state index contributed by atoms with van der Waals surface area (Å²) >= 11 is 0. The average molecular weight is 336 g/mol. The van der Waals surface area contributed by atoms with E-state index in [1.807, 2.05) is 19.3 Å². The first-order valence-corrected chi connectivity index (χ1v) is 8.97. The minimum Gasteiger partial charge on any atom is -0.315 e. The van der Waals surface area contributed by atoms with Crippen molar-refractivity contribution in [3.63, 3.8) is 0 Å². The van der Waals surface area contributed by atoms with Crippen molar-refractivity contribution >= 4 is 0 Å². The third-order valence-corrected chi connectivity index (χ3v) is 4.98. The predicted molar refractivity (Wildman–Crippen MR) is 96.8 cm³/mol. The number of imidazole rings is 1. The van der Waals surface area contributed by atoms with Gasteiger partial charge in [0.1, 0.15) is 17.5 Å². The molecule has 4 rings (SSSR count). The van der Waals surface area contributed by atoms with E-state index >= 15 is 0 Å². The number of aryl methyl sites for hydroxylation is 2. The summed E-state index contributed by atoms with van der Waals surface area (Å²) in [5, 5.41) is 12.2. The van der Waals surface area contributed by atoms with Gasteiger partial charge >= 0.3 is 0 Å². The molecular formula is C19H24N6. The summed E-state index contributed by atoms with van der Waals surface area (Å²) in [6.45, 7) is 6.19. The second kappa shape index (κ2) is 6.80. The van der Waals surface area contributed by atoms with E-state index in [0.29, 0.717) is 6.04 Å². The molecule has 25 heavy (non-hydrogen) atoms. The summed E-state index contributed by atoms with van der Waals surface area (Å²) in [5.74, 6) is 3.26. The molecule has 0 radical (unpaired) electrons. The second-order valence-electron chi connectivity index (χ2n) is 6.65. The minimum atomic E-state index is 0.305. The fourth-order valence-electron chi connectivity index (χ4n) is 3.49. The first-order chi connectivity index (χ1) is 12.2. The van der Waals surface area contributed by atoms with Gasteiger partial charge in [-0.15, -0.1) is 10.2 Å². The van der Waals surface area contributed by atoms with Gasteiger partial charge in [-0.25, -0.2) is 4.98 Å². The molecule has 1 N–H and O–H groups in total. The lowest BCUT2D eigenvalue weighted by molar-refractivity contribution is 0.559.